The van der Waals surface area contributed by atoms with Gasteiger partial charge in [0, 0.05) is 30.0 Å². The summed E-state index contributed by atoms with van der Waals surface area (Å²) in [6, 6.07) is 19.5. The molecule has 0 aliphatic rings. The quantitative estimate of drug-likeness (QED) is 0.333. The fourth-order valence-electron chi connectivity index (χ4n) is 2.62. The summed E-state index contributed by atoms with van der Waals surface area (Å²) in [5.74, 6) is 1.08. The van der Waals surface area contributed by atoms with Crippen LogP contribution in [-0.4, -0.2) is 17.9 Å². The van der Waals surface area contributed by atoms with Crippen molar-refractivity contribution in [3.8, 4) is 23.3 Å². The van der Waals surface area contributed by atoms with E-state index < -0.39 is 4.92 Å². The number of ether oxygens (including phenoxy) is 2. The van der Waals surface area contributed by atoms with Crippen molar-refractivity contribution >= 4 is 23.4 Å². The molecule has 8 heteroatoms. The first-order valence-corrected chi connectivity index (χ1v) is 9.08. The summed E-state index contributed by atoms with van der Waals surface area (Å²) in [6.45, 7) is 0. The highest BCUT2D eigenvalue weighted by molar-refractivity contribution is 6.01. The zero-order valence-corrected chi connectivity index (χ0v) is 16.4. The molecule has 3 aromatic rings. The van der Waals surface area contributed by atoms with Crippen molar-refractivity contribution in [3.63, 3.8) is 0 Å². The topological polar surface area (TPSA) is 114 Å². The lowest BCUT2D eigenvalue weighted by atomic mass is 10.2. The van der Waals surface area contributed by atoms with Crippen LogP contribution >= 0.6 is 0 Å². The Kier molecular flexibility index (Phi) is 6.60. The summed E-state index contributed by atoms with van der Waals surface area (Å²) in [7, 11) is 1.49. The third-order valence-corrected chi connectivity index (χ3v) is 4.17. The Hall–Kier alpha value is -4.64. The number of non-ortho nitro benzene ring substituents is 1. The summed E-state index contributed by atoms with van der Waals surface area (Å²) in [5.41, 5.74) is 1.69. The number of benzene rings is 3. The molecule has 0 saturated carbocycles. The van der Waals surface area contributed by atoms with E-state index in [9.17, 15) is 14.9 Å². The normalized spacial score (nSPS) is 10.3. The van der Waals surface area contributed by atoms with Crippen LogP contribution in [0.3, 0.4) is 0 Å². The number of rotatable bonds is 7. The van der Waals surface area contributed by atoms with Crippen molar-refractivity contribution in [2.24, 2.45) is 0 Å². The van der Waals surface area contributed by atoms with Crippen molar-refractivity contribution in [1.29, 1.82) is 5.26 Å². The summed E-state index contributed by atoms with van der Waals surface area (Å²) in [4.78, 5) is 22.3. The summed E-state index contributed by atoms with van der Waals surface area (Å²) < 4.78 is 11.0. The van der Waals surface area contributed by atoms with E-state index >= 15 is 0 Å². The van der Waals surface area contributed by atoms with Crippen LogP contribution in [0.2, 0.25) is 0 Å². The minimum absolute atomic E-state index is 0.0115. The SMILES string of the molecule is COc1cc(C#N)ccc1Oc1ccc(NC(=O)C=Cc2ccc([N+](=O)[O-])cc2)cc1. The maximum Gasteiger partial charge on any atom is 0.269 e. The molecule has 3 aromatic carbocycles. The van der Waals surface area contributed by atoms with Crippen LogP contribution in [0.4, 0.5) is 11.4 Å². The highest BCUT2D eigenvalue weighted by Gasteiger charge is 2.08. The van der Waals surface area contributed by atoms with Crippen LogP contribution in [0, 0.1) is 21.4 Å². The number of nitro groups is 1. The van der Waals surface area contributed by atoms with Gasteiger partial charge in [0.2, 0.25) is 5.91 Å². The van der Waals surface area contributed by atoms with Gasteiger partial charge in [0.1, 0.15) is 5.75 Å². The van der Waals surface area contributed by atoms with Gasteiger partial charge in [-0.3, -0.25) is 14.9 Å². The van der Waals surface area contributed by atoms with Crippen LogP contribution < -0.4 is 14.8 Å². The molecule has 0 unspecified atom stereocenters. The molecule has 0 saturated heterocycles. The van der Waals surface area contributed by atoms with Crippen LogP contribution in [0.5, 0.6) is 17.2 Å². The van der Waals surface area contributed by atoms with Crippen molar-refractivity contribution < 1.29 is 19.2 Å². The Labute approximate surface area is 178 Å². The van der Waals surface area contributed by atoms with Gasteiger partial charge in [0.05, 0.1) is 23.7 Å². The molecule has 0 heterocycles. The average molecular weight is 415 g/mol. The summed E-state index contributed by atoms with van der Waals surface area (Å²) in [6.07, 6.45) is 2.90. The Morgan fingerprint density at radius 3 is 2.39 bits per heavy atom. The molecular weight excluding hydrogens is 398 g/mol. The molecule has 0 spiro atoms. The Morgan fingerprint density at radius 1 is 1.06 bits per heavy atom. The standard InChI is InChI=1S/C23H17N3O5/c1-30-22-14-17(15-24)4-12-21(22)31-20-10-6-18(7-11-20)25-23(27)13-5-16-2-8-19(9-3-16)26(28)29/h2-14H,1H3,(H,25,27). The van der Waals surface area contributed by atoms with E-state index in [2.05, 4.69) is 5.32 Å². The number of nitrogens with zero attached hydrogens (tertiary/aromatic N) is 2. The zero-order chi connectivity index (χ0) is 22.2. The first kappa shape index (κ1) is 21.1. The molecule has 8 nitrogen and oxygen atoms in total. The number of nitro benzene ring substituents is 1. The third-order valence-electron chi connectivity index (χ3n) is 4.17. The number of nitriles is 1. The number of anilines is 1. The van der Waals surface area contributed by atoms with Gasteiger partial charge in [-0.25, -0.2) is 0 Å². The van der Waals surface area contributed by atoms with E-state index in [1.807, 2.05) is 6.07 Å². The van der Waals surface area contributed by atoms with E-state index in [-0.39, 0.29) is 11.6 Å². The molecule has 154 valence electrons. The predicted octanol–water partition coefficient (Wildman–Crippen LogP) is 4.92. The predicted molar refractivity (Wildman–Crippen MR) is 115 cm³/mol. The fraction of sp³-hybridized carbons (Fsp3) is 0.0435. The van der Waals surface area contributed by atoms with E-state index in [1.165, 1.54) is 25.3 Å². The fourth-order valence-corrected chi connectivity index (χ4v) is 2.62. The number of hydrogen-bond donors (Lipinski definition) is 1. The van der Waals surface area contributed by atoms with Gasteiger partial charge in [-0.1, -0.05) is 0 Å². The van der Waals surface area contributed by atoms with Crippen LogP contribution in [0.15, 0.2) is 72.8 Å². The Balaban J connectivity index is 1.61. The van der Waals surface area contributed by atoms with Crippen molar-refractivity contribution in [2.45, 2.75) is 0 Å². The molecule has 0 aliphatic carbocycles. The number of amides is 1. The number of carbonyl (C=O) groups excluding carboxylic acids is 1. The molecule has 0 atom stereocenters. The van der Waals surface area contributed by atoms with E-state index in [0.29, 0.717) is 34.1 Å². The van der Waals surface area contributed by atoms with Crippen LogP contribution in [-0.2, 0) is 4.79 Å². The first-order chi connectivity index (χ1) is 15.0. The minimum Gasteiger partial charge on any atom is -0.493 e. The Morgan fingerprint density at radius 2 is 1.77 bits per heavy atom. The first-order valence-electron chi connectivity index (χ1n) is 9.08. The molecule has 0 radical (unpaired) electrons. The van der Waals surface area contributed by atoms with Crippen LogP contribution in [0.25, 0.3) is 6.08 Å². The number of hydrogen-bond acceptors (Lipinski definition) is 6. The highest BCUT2D eigenvalue weighted by Crippen LogP contribution is 2.32. The lowest BCUT2D eigenvalue weighted by Crippen LogP contribution is -2.07. The van der Waals surface area contributed by atoms with Crippen molar-refractivity contribution in [1.82, 2.24) is 0 Å². The lowest BCUT2D eigenvalue weighted by Gasteiger charge is -2.11. The van der Waals surface area contributed by atoms with Gasteiger partial charge >= 0.3 is 0 Å². The smallest absolute Gasteiger partial charge is 0.269 e. The summed E-state index contributed by atoms with van der Waals surface area (Å²) >= 11 is 0. The average Bonchev–Trinajstić information content (AvgIpc) is 2.79. The molecule has 0 aliphatic heterocycles. The molecular formula is C23H17N3O5. The largest absolute Gasteiger partial charge is 0.493 e. The Bertz CT molecular complexity index is 1160. The number of methoxy groups -OCH3 is 1. The maximum atomic E-state index is 12.1. The molecule has 0 fully saturated rings. The van der Waals surface area contributed by atoms with Gasteiger partial charge in [-0.05, 0) is 60.2 Å². The van der Waals surface area contributed by atoms with Crippen LogP contribution in [0.1, 0.15) is 11.1 Å². The second-order valence-corrected chi connectivity index (χ2v) is 6.28. The van der Waals surface area contributed by atoms with Gasteiger partial charge in [0.15, 0.2) is 11.5 Å². The number of carbonyl (C=O) groups is 1. The maximum absolute atomic E-state index is 12.1. The van der Waals surface area contributed by atoms with Gasteiger partial charge in [0.25, 0.3) is 5.69 Å². The van der Waals surface area contributed by atoms with E-state index in [0.717, 1.165) is 0 Å². The third kappa shape index (κ3) is 5.68. The van der Waals surface area contributed by atoms with E-state index in [4.69, 9.17) is 14.7 Å². The molecule has 1 N–H and O–H groups in total. The van der Waals surface area contributed by atoms with Gasteiger partial charge in [-0.15, -0.1) is 0 Å². The van der Waals surface area contributed by atoms with Crippen molar-refractivity contribution in [2.75, 3.05) is 12.4 Å². The second kappa shape index (κ2) is 9.71. The zero-order valence-electron chi connectivity index (χ0n) is 16.4. The monoisotopic (exact) mass is 415 g/mol. The minimum atomic E-state index is -0.481. The molecule has 0 bridgehead atoms. The van der Waals surface area contributed by atoms with Gasteiger partial charge < -0.3 is 14.8 Å². The second-order valence-electron chi connectivity index (χ2n) is 6.28. The summed E-state index contributed by atoms with van der Waals surface area (Å²) in [5, 5.41) is 22.3. The number of nitrogens with one attached hydrogen (secondary N) is 1. The van der Waals surface area contributed by atoms with E-state index in [1.54, 1.807) is 60.7 Å². The molecule has 3 rings (SSSR count). The molecule has 0 aromatic heterocycles. The van der Waals surface area contributed by atoms with Gasteiger partial charge in [-0.2, -0.15) is 5.26 Å². The highest BCUT2D eigenvalue weighted by atomic mass is 16.6. The lowest BCUT2D eigenvalue weighted by molar-refractivity contribution is -0.384. The molecule has 1 amide bonds. The molecule has 31 heavy (non-hydrogen) atoms. The van der Waals surface area contributed by atoms with Crippen molar-refractivity contribution in [3.05, 3.63) is 94.0 Å².